The Morgan fingerprint density at radius 2 is 1.76 bits per heavy atom. The number of aromatic nitrogens is 4. The van der Waals surface area contributed by atoms with Crippen molar-refractivity contribution in [3.05, 3.63) is 54.6 Å². The number of hydrogen-bond acceptors (Lipinski definition) is 6. The molecule has 8 nitrogen and oxygen atoms in total. The Hall–Kier alpha value is -3.46. The van der Waals surface area contributed by atoms with E-state index >= 15 is 0 Å². The molecule has 9 heteroatoms. The van der Waals surface area contributed by atoms with Gasteiger partial charge >= 0.3 is 6.03 Å². The molecule has 3 heterocycles. The van der Waals surface area contributed by atoms with E-state index < -0.39 is 0 Å². The summed E-state index contributed by atoms with van der Waals surface area (Å²) in [5, 5.41) is 11.9. The first-order valence-electron chi connectivity index (χ1n) is 9.41. The second-order valence-electron chi connectivity index (χ2n) is 6.79. The van der Waals surface area contributed by atoms with Gasteiger partial charge in [-0.25, -0.2) is 4.79 Å². The van der Waals surface area contributed by atoms with Gasteiger partial charge in [-0.1, -0.05) is 42.5 Å². The molecule has 2 aromatic heterocycles. The van der Waals surface area contributed by atoms with E-state index in [1.165, 1.54) is 11.5 Å². The van der Waals surface area contributed by atoms with Crippen LogP contribution in [0.3, 0.4) is 0 Å². The number of amides is 2. The lowest BCUT2D eigenvalue weighted by molar-refractivity contribution is 0.208. The van der Waals surface area contributed by atoms with E-state index in [1.54, 1.807) is 4.90 Å². The van der Waals surface area contributed by atoms with Crippen LogP contribution in [0.15, 0.2) is 54.6 Å². The number of aromatic amines is 1. The van der Waals surface area contributed by atoms with Gasteiger partial charge in [0.1, 0.15) is 0 Å². The van der Waals surface area contributed by atoms with Crippen molar-refractivity contribution < 1.29 is 4.79 Å². The van der Waals surface area contributed by atoms with E-state index in [0.717, 1.165) is 40.5 Å². The van der Waals surface area contributed by atoms with Crippen LogP contribution in [0.25, 0.3) is 22.3 Å². The van der Waals surface area contributed by atoms with Crippen LogP contribution in [0.2, 0.25) is 0 Å². The third-order valence-electron chi connectivity index (χ3n) is 4.98. The summed E-state index contributed by atoms with van der Waals surface area (Å²) in [6.07, 6.45) is 0. The van der Waals surface area contributed by atoms with Crippen LogP contribution >= 0.6 is 11.5 Å². The second kappa shape index (κ2) is 7.51. The maximum Gasteiger partial charge on any atom is 0.323 e. The number of nitrogens with one attached hydrogen (secondary N) is 2. The molecule has 0 unspecified atom stereocenters. The third-order valence-corrected chi connectivity index (χ3v) is 5.76. The second-order valence-corrected chi connectivity index (χ2v) is 7.52. The molecule has 1 aliphatic rings. The number of hydrogen-bond donors (Lipinski definition) is 2. The van der Waals surface area contributed by atoms with Crippen molar-refractivity contribution in [3.8, 4) is 11.4 Å². The monoisotopic (exact) mass is 405 g/mol. The van der Waals surface area contributed by atoms with Crippen molar-refractivity contribution in [1.82, 2.24) is 24.5 Å². The number of para-hydroxylation sites is 1. The third kappa shape index (κ3) is 3.52. The van der Waals surface area contributed by atoms with Crippen LogP contribution in [-0.4, -0.2) is 56.7 Å². The Bertz CT molecular complexity index is 1130. The van der Waals surface area contributed by atoms with Gasteiger partial charge in [-0.05, 0) is 12.1 Å². The minimum atomic E-state index is -0.135. The van der Waals surface area contributed by atoms with Gasteiger partial charge in [-0.3, -0.25) is 10.4 Å². The molecule has 0 spiro atoms. The van der Waals surface area contributed by atoms with Crippen molar-refractivity contribution >= 4 is 39.4 Å². The molecular formula is C20H19N7OS. The zero-order valence-electron chi connectivity index (χ0n) is 15.6. The Balaban J connectivity index is 1.21. The maximum absolute atomic E-state index is 12.7. The van der Waals surface area contributed by atoms with Gasteiger partial charge < -0.3 is 9.80 Å². The van der Waals surface area contributed by atoms with E-state index in [0.29, 0.717) is 18.9 Å². The molecule has 2 aromatic carbocycles. The van der Waals surface area contributed by atoms with Gasteiger partial charge in [-0.15, -0.1) is 0 Å². The molecule has 5 rings (SSSR count). The predicted molar refractivity (Wildman–Crippen MR) is 114 cm³/mol. The minimum absolute atomic E-state index is 0.135. The smallest absolute Gasteiger partial charge is 0.323 e. The first kappa shape index (κ1) is 17.6. The fraction of sp³-hybridized carbons (Fsp3) is 0.200. The molecule has 1 aliphatic heterocycles. The van der Waals surface area contributed by atoms with Crippen molar-refractivity contribution in [2.24, 2.45) is 0 Å². The van der Waals surface area contributed by atoms with Crippen molar-refractivity contribution in [2.45, 2.75) is 0 Å². The van der Waals surface area contributed by atoms with Crippen molar-refractivity contribution in [1.29, 1.82) is 0 Å². The van der Waals surface area contributed by atoms with Gasteiger partial charge in [0.05, 0.1) is 5.52 Å². The molecule has 0 atom stereocenters. The van der Waals surface area contributed by atoms with Crippen LogP contribution < -0.4 is 10.2 Å². The average Bonchev–Trinajstić information content (AvgIpc) is 3.43. The Morgan fingerprint density at radius 3 is 2.59 bits per heavy atom. The van der Waals surface area contributed by atoms with Gasteiger partial charge in [-0.2, -0.15) is 14.5 Å². The fourth-order valence-corrected chi connectivity index (χ4v) is 4.13. The molecule has 0 radical (unpaired) electrons. The van der Waals surface area contributed by atoms with Crippen LogP contribution in [-0.2, 0) is 0 Å². The topological polar surface area (TPSA) is 90.0 Å². The highest BCUT2D eigenvalue weighted by Gasteiger charge is 2.24. The molecular weight excluding hydrogens is 386 g/mol. The highest BCUT2D eigenvalue weighted by Crippen LogP contribution is 2.25. The molecule has 0 saturated carbocycles. The SMILES string of the molecule is O=C(Nc1n[nH]c2ccccc12)N1CCN(c2nc(-c3ccccc3)ns2)CC1. The largest absolute Gasteiger partial charge is 0.343 e. The van der Waals surface area contributed by atoms with E-state index in [2.05, 4.69) is 29.8 Å². The summed E-state index contributed by atoms with van der Waals surface area (Å²) in [6, 6.07) is 17.6. The Kier molecular flexibility index (Phi) is 4.57. The quantitative estimate of drug-likeness (QED) is 0.545. The number of carbonyl (C=O) groups is 1. The van der Waals surface area contributed by atoms with Crippen molar-refractivity contribution in [3.63, 3.8) is 0 Å². The molecule has 29 heavy (non-hydrogen) atoms. The van der Waals surface area contributed by atoms with Crippen molar-refractivity contribution in [2.75, 3.05) is 36.4 Å². The lowest BCUT2D eigenvalue weighted by atomic mass is 10.2. The number of fused-ring (bicyclic) bond motifs is 1. The predicted octanol–water partition coefficient (Wildman–Crippen LogP) is 3.44. The summed E-state index contributed by atoms with van der Waals surface area (Å²) < 4.78 is 4.48. The van der Waals surface area contributed by atoms with E-state index in [9.17, 15) is 4.79 Å². The maximum atomic E-state index is 12.7. The van der Waals surface area contributed by atoms with Gasteiger partial charge in [0.2, 0.25) is 5.13 Å². The van der Waals surface area contributed by atoms with Crippen LogP contribution in [0.4, 0.5) is 15.7 Å². The van der Waals surface area contributed by atoms with Gasteiger partial charge in [0.25, 0.3) is 0 Å². The summed E-state index contributed by atoms with van der Waals surface area (Å²) in [6.45, 7) is 2.68. The van der Waals surface area contributed by atoms with E-state index in [-0.39, 0.29) is 6.03 Å². The molecule has 2 N–H and O–H groups in total. The van der Waals surface area contributed by atoms with Gasteiger partial charge in [0.15, 0.2) is 11.6 Å². The number of anilines is 2. The van der Waals surface area contributed by atoms with Gasteiger partial charge in [0, 0.05) is 48.7 Å². The average molecular weight is 405 g/mol. The first-order valence-corrected chi connectivity index (χ1v) is 10.2. The summed E-state index contributed by atoms with van der Waals surface area (Å²) in [4.78, 5) is 21.3. The molecule has 2 amide bonds. The lowest BCUT2D eigenvalue weighted by Gasteiger charge is -2.34. The minimum Gasteiger partial charge on any atom is -0.343 e. The molecule has 0 bridgehead atoms. The number of urea groups is 1. The summed E-state index contributed by atoms with van der Waals surface area (Å²) in [5.74, 6) is 1.31. The first-order chi connectivity index (χ1) is 14.3. The zero-order valence-corrected chi connectivity index (χ0v) is 16.4. The number of nitrogens with zero attached hydrogens (tertiary/aromatic N) is 5. The molecule has 0 aliphatic carbocycles. The number of carbonyl (C=O) groups excluding carboxylic acids is 1. The fourth-order valence-electron chi connectivity index (χ4n) is 3.39. The Morgan fingerprint density at radius 1 is 1.00 bits per heavy atom. The standard InChI is InChI=1S/C20H19N7OS/c28-19(21-18-15-8-4-5-9-16(15)23-24-18)26-10-12-27(13-11-26)20-22-17(25-29-20)14-6-2-1-3-7-14/h1-9H,10-13H2,(H2,21,23,24,28). The van der Waals surface area contributed by atoms with E-state index in [4.69, 9.17) is 0 Å². The molecule has 1 fully saturated rings. The van der Waals surface area contributed by atoms with Crippen LogP contribution in [0, 0.1) is 0 Å². The number of H-pyrrole nitrogens is 1. The normalized spacial score (nSPS) is 14.3. The van der Waals surface area contributed by atoms with E-state index in [1.807, 2.05) is 54.6 Å². The lowest BCUT2D eigenvalue weighted by Crippen LogP contribution is -2.50. The highest BCUT2D eigenvalue weighted by molar-refractivity contribution is 7.09. The molecule has 146 valence electrons. The Labute approximate surface area is 171 Å². The highest BCUT2D eigenvalue weighted by atomic mass is 32.1. The zero-order chi connectivity index (χ0) is 19.6. The summed E-state index contributed by atoms with van der Waals surface area (Å²) >= 11 is 1.40. The number of rotatable bonds is 3. The van der Waals surface area contributed by atoms with Crippen LogP contribution in [0.1, 0.15) is 0 Å². The molecule has 4 aromatic rings. The summed E-state index contributed by atoms with van der Waals surface area (Å²) in [7, 11) is 0. The van der Waals surface area contributed by atoms with Crippen LogP contribution in [0.5, 0.6) is 0 Å². The number of benzene rings is 2. The summed E-state index contributed by atoms with van der Waals surface area (Å²) in [5.41, 5.74) is 1.91. The molecule has 1 saturated heterocycles. The number of piperazine rings is 1.